The third kappa shape index (κ3) is 6.54. The van der Waals surface area contributed by atoms with E-state index in [-0.39, 0.29) is 29.5 Å². The zero-order valence-corrected chi connectivity index (χ0v) is 22.2. The van der Waals surface area contributed by atoms with Gasteiger partial charge in [-0.05, 0) is 77.7 Å². The van der Waals surface area contributed by atoms with Gasteiger partial charge in [-0.2, -0.15) is 0 Å². The number of nitrogens with zero attached hydrogens (tertiary/aromatic N) is 3. The van der Waals surface area contributed by atoms with E-state index in [0.29, 0.717) is 12.0 Å². The summed E-state index contributed by atoms with van der Waals surface area (Å²) in [6.45, 7) is 7.61. The molecule has 0 saturated carbocycles. The number of thiophene rings is 1. The summed E-state index contributed by atoms with van der Waals surface area (Å²) in [5.41, 5.74) is 0.102. The maximum atomic E-state index is 5.60. The largest absolute Gasteiger partial charge is 0.381 e. The Morgan fingerprint density at radius 1 is 1.33 bits per heavy atom. The van der Waals surface area contributed by atoms with Crippen molar-refractivity contribution in [1.29, 1.82) is 0 Å². The quantitative estimate of drug-likeness (QED) is 0.310. The Labute approximate surface area is 203 Å². The lowest BCUT2D eigenvalue weighted by molar-refractivity contribution is -0.00255. The molecule has 30 heavy (non-hydrogen) atoms. The molecule has 2 unspecified atom stereocenters. The number of halogens is 1. The lowest BCUT2D eigenvalue weighted by Crippen LogP contribution is -2.52. The van der Waals surface area contributed by atoms with Crippen LogP contribution in [0.2, 0.25) is 0 Å². The fraction of sp³-hybridized carbons (Fsp3) is 0.773. The number of guanidine groups is 1. The molecule has 1 aromatic heterocycles. The van der Waals surface area contributed by atoms with Crippen molar-refractivity contribution in [2.24, 2.45) is 10.9 Å². The van der Waals surface area contributed by atoms with Gasteiger partial charge in [-0.15, -0.1) is 35.3 Å². The van der Waals surface area contributed by atoms with Crippen LogP contribution in [0.5, 0.6) is 0 Å². The number of ether oxygens (including phenoxy) is 1. The van der Waals surface area contributed by atoms with Crippen molar-refractivity contribution >= 4 is 41.3 Å². The lowest BCUT2D eigenvalue weighted by atomic mass is 9.88. The van der Waals surface area contributed by atoms with E-state index in [1.165, 1.54) is 24.3 Å². The van der Waals surface area contributed by atoms with Crippen LogP contribution in [0.25, 0.3) is 0 Å². The van der Waals surface area contributed by atoms with E-state index in [9.17, 15) is 0 Å². The summed E-state index contributed by atoms with van der Waals surface area (Å²) in [5.74, 6) is 1.54. The van der Waals surface area contributed by atoms with Crippen molar-refractivity contribution in [2.75, 3.05) is 60.5 Å². The molecule has 0 aliphatic carbocycles. The molecular weight excluding hydrogens is 509 g/mol. The van der Waals surface area contributed by atoms with Crippen LogP contribution in [0, 0.1) is 5.92 Å². The highest BCUT2D eigenvalue weighted by Crippen LogP contribution is 2.36. The third-order valence-electron chi connectivity index (χ3n) is 6.62. The van der Waals surface area contributed by atoms with Crippen LogP contribution in [-0.4, -0.2) is 81.8 Å². The molecule has 2 saturated heterocycles. The van der Waals surface area contributed by atoms with Crippen LogP contribution in [-0.2, 0) is 4.74 Å². The van der Waals surface area contributed by atoms with E-state index in [4.69, 9.17) is 9.73 Å². The van der Waals surface area contributed by atoms with Crippen LogP contribution in [0.15, 0.2) is 22.5 Å². The Hall–Kier alpha value is -0.420. The fourth-order valence-corrected chi connectivity index (χ4v) is 5.66. The second-order valence-electron chi connectivity index (χ2n) is 8.65. The van der Waals surface area contributed by atoms with Gasteiger partial charge in [-0.25, -0.2) is 0 Å². The van der Waals surface area contributed by atoms with Gasteiger partial charge in [-0.1, -0.05) is 6.07 Å². The number of rotatable bonds is 7. The monoisotopic (exact) mass is 549 g/mol. The molecule has 3 rings (SSSR count). The van der Waals surface area contributed by atoms with Crippen molar-refractivity contribution in [3.05, 3.63) is 22.4 Å². The number of nitrogens with one attached hydrogen (secondary N) is 2. The van der Waals surface area contributed by atoms with Gasteiger partial charge in [0.15, 0.2) is 5.96 Å². The first kappa shape index (κ1) is 25.8. The van der Waals surface area contributed by atoms with Crippen LogP contribution in [0.3, 0.4) is 0 Å². The Morgan fingerprint density at radius 2 is 2.10 bits per heavy atom. The first-order chi connectivity index (χ1) is 14.1. The minimum Gasteiger partial charge on any atom is -0.381 e. The van der Waals surface area contributed by atoms with Crippen molar-refractivity contribution in [1.82, 2.24) is 20.4 Å². The van der Waals surface area contributed by atoms with E-state index in [1.54, 1.807) is 0 Å². The van der Waals surface area contributed by atoms with E-state index in [0.717, 1.165) is 51.6 Å². The van der Waals surface area contributed by atoms with E-state index in [1.807, 2.05) is 11.3 Å². The van der Waals surface area contributed by atoms with Gasteiger partial charge in [0.25, 0.3) is 0 Å². The first-order valence-electron chi connectivity index (χ1n) is 11.1. The average molecular weight is 550 g/mol. The SMILES string of the molecule is CCNC(=NCC1(N(C)C)CCOCC1)NCC1CCCN(C)C1c1cccs1.I. The summed E-state index contributed by atoms with van der Waals surface area (Å²) < 4.78 is 5.60. The van der Waals surface area contributed by atoms with E-state index >= 15 is 0 Å². The van der Waals surface area contributed by atoms with Crippen LogP contribution < -0.4 is 10.6 Å². The topological polar surface area (TPSA) is 52.1 Å². The maximum Gasteiger partial charge on any atom is 0.191 e. The van der Waals surface area contributed by atoms with Gasteiger partial charge in [0.2, 0.25) is 0 Å². The molecule has 2 fully saturated rings. The maximum absolute atomic E-state index is 5.60. The Morgan fingerprint density at radius 3 is 2.73 bits per heavy atom. The number of piperidine rings is 1. The highest BCUT2D eigenvalue weighted by atomic mass is 127. The zero-order valence-electron chi connectivity index (χ0n) is 19.0. The van der Waals surface area contributed by atoms with Crippen molar-refractivity contribution < 1.29 is 4.74 Å². The number of aliphatic imine (C=N–C) groups is 1. The standard InChI is InChI=1S/C22H39N5OS.HI/c1-5-23-21(25-17-22(26(2)3)10-13-28-14-11-22)24-16-18-8-6-12-27(4)20(18)19-9-7-15-29-19;/h7,9,15,18,20H,5-6,8,10-14,16-17H2,1-4H3,(H2,23,24,25);1H. The van der Waals surface area contributed by atoms with Crippen LogP contribution >= 0.6 is 35.3 Å². The van der Waals surface area contributed by atoms with Gasteiger partial charge < -0.3 is 20.3 Å². The summed E-state index contributed by atoms with van der Waals surface area (Å²) in [7, 11) is 6.61. The smallest absolute Gasteiger partial charge is 0.191 e. The van der Waals surface area contributed by atoms with Crippen LogP contribution in [0.4, 0.5) is 0 Å². The molecule has 0 amide bonds. The fourth-order valence-electron chi connectivity index (χ4n) is 4.68. The normalized spacial score (nSPS) is 25.0. The minimum absolute atomic E-state index is 0. The van der Waals surface area contributed by atoms with Crippen LogP contribution in [0.1, 0.15) is 43.5 Å². The molecule has 3 heterocycles. The summed E-state index contributed by atoms with van der Waals surface area (Å²) in [5, 5.41) is 9.32. The molecule has 172 valence electrons. The summed E-state index contributed by atoms with van der Waals surface area (Å²) in [6, 6.07) is 4.96. The van der Waals surface area contributed by atoms with Crippen molar-refractivity contribution in [3.63, 3.8) is 0 Å². The number of likely N-dealkylation sites (tertiary alicyclic amines) is 1. The molecule has 0 aromatic carbocycles. The number of hydrogen-bond acceptors (Lipinski definition) is 5. The zero-order chi connectivity index (χ0) is 20.7. The predicted molar refractivity (Wildman–Crippen MR) is 138 cm³/mol. The summed E-state index contributed by atoms with van der Waals surface area (Å²) in [4.78, 5) is 11.4. The van der Waals surface area contributed by atoms with E-state index < -0.39 is 0 Å². The van der Waals surface area contributed by atoms with Gasteiger partial charge in [-0.3, -0.25) is 9.89 Å². The van der Waals surface area contributed by atoms with Crippen molar-refractivity contribution in [2.45, 2.75) is 44.2 Å². The third-order valence-corrected chi connectivity index (χ3v) is 7.56. The van der Waals surface area contributed by atoms with Gasteiger partial charge >= 0.3 is 0 Å². The Balaban J connectivity index is 0.00000320. The predicted octanol–water partition coefficient (Wildman–Crippen LogP) is 3.41. The molecule has 2 aliphatic rings. The number of likely N-dealkylation sites (N-methyl/N-ethyl adjacent to an activating group) is 1. The second-order valence-corrected chi connectivity index (χ2v) is 9.63. The molecule has 0 radical (unpaired) electrons. The number of hydrogen-bond donors (Lipinski definition) is 2. The van der Waals surface area contributed by atoms with Gasteiger partial charge in [0.05, 0.1) is 6.54 Å². The molecule has 2 N–H and O–H groups in total. The molecule has 1 aromatic rings. The molecule has 6 nitrogen and oxygen atoms in total. The van der Waals surface area contributed by atoms with E-state index in [2.05, 4.69) is 66.0 Å². The summed E-state index contributed by atoms with van der Waals surface area (Å²) in [6.07, 6.45) is 4.61. The Kier molecular flexibility index (Phi) is 10.8. The molecule has 0 spiro atoms. The minimum atomic E-state index is 0. The molecule has 0 bridgehead atoms. The Bertz CT molecular complexity index is 633. The van der Waals surface area contributed by atoms with Crippen molar-refractivity contribution in [3.8, 4) is 0 Å². The highest BCUT2D eigenvalue weighted by molar-refractivity contribution is 14.0. The highest BCUT2D eigenvalue weighted by Gasteiger charge is 2.35. The van der Waals surface area contributed by atoms with Gasteiger partial charge in [0, 0.05) is 42.8 Å². The molecule has 2 aliphatic heterocycles. The van der Waals surface area contributed by atoms with Gasteiger partial charge in [0.1, 0.15) is 0 Å². The first-order valence-corrected chi connectivity index (χ1v) is 11.9. The average Bonchev–Trinajstić information content (AvgIpc) is 3.25. The molecule has 2 atom stereocenters. The molecular formula is C22H40IN5OS. The summed E-state index contributed by atoms with van der Waals surface area (Å²) >= 11 is 1.88. The lowest BCUT2D eigenvalue weighted by Gasteiger charge is -2.42. The molecule has 8 heteroatoms. The second kappa shape index (κ2) is 12.6.